The molecule has 2 aromatic carbocycles. The van der Waals surface area contributed by atoms with Crippen LogP contribution in [0.4, 0.5) is 4.39 Å². The van der Waals surface area contributed by atoms with Crippen LogP contribution < -0.4 is 4.74 Å². The molecule has 3 aromatic rings. The van der Waals surface area contributed by atoms with E-state index in [4.69, 9.17) is 9.47 Å². The standard InChI is InChI=1S/C29H31FN2O4S/c1-20-8-10-21(11-9-20)36-19-26-24-13-16-37-27(24)12-14-32(26)28(33)18-31(17-22-5-4-15-35-22)29(34)23-6-2-3-7-25(23)30/h2-3,6-11,13,16,22,26H,4-5,12,14-15,17-19H2,1H3/t22-,26-/m0/s1. The normalized spacial score (nSPS) is 18.9. The van der Waals surface area contributed by atoms with Crippen molar-refractivity contribution < 1.29 is 23.5 Å². The summed E-state index contributed by atoms with van der Waals surface area (Å²) < 4.78 is 26.4. The van der Waals surface area contributed by atoms with Crippen LogP contribution in [0.25, 0.3) is 0 Å². The molecule has 1 fully saturated rings. The summed E-state index contributed by atoms with van der Waals surface area (Å²) in [6.45, 7) is 3.61. The number of carbonyl (C=O) groups excluding carboxylic acids is 2. The lowest BCUT2D eigenvalue weighted by Gasteiger charge is -2.37. The Bertz CT molecular complexity index is 1240. The van der Waals surface area contributed by atoms with Crippen molar-refractivity contribution in [2.75, 3.05) is 32.8 Å². The van der Waals surface area contributed by atoms with E-state index in [0.29, 0.717) is 19.8 Å². The van der Waals surface area contributed by atoms with Crippen LogP contribution in [0.3, 0.4) is 0 Å². The molecule has 2 atom stereocenters. The monoisotopic (exact) mass is 522 g/mol. The van der Waals surface area contributed by atoms with Gasteiger partial charge in [-0.1, -0.05) is 29.8 Å². The van der Waals surface area contributed by atoms with Gasteiger partial charge < -0.3 is 19.3 Å². The molecule has 0 aliphatic carbocycles. The van der Waals surface area contributed by atoms with Gasteiger partial charge in [-0.3, -0.25) is 9.59 Å². The number of fused-ring (bicyclic) bond motifs is 1. The highest BCUT2D eigenvalue weighted by Crippen LogP contribution is 2.34. The van der Waals surface area contributed by atoms with Gasteiger partial charge in [0.05, 0.1) is 17.7 Å². The molecule has 0 radical (unpaired) electrons. The van der Waals surface area contributed by atoms with Gasteiger partial charge in [-0.25, -0.2) is 4.39 Å². The Morgan fingerprint density at radius 1 is 1.16 bits per heavy atom. The zero-order valence-corrected chi connectivity index (χ0v) is 21.7. The van der Waals surface area contributed by atoms with Crippen molar-refractivity contribution in [1.82, 2.24) is 9.80 Å². The average molecular weight is 523 g/mol. The van der Waals surface area contributed by atoms with Crippen molar-refractivity contribution in [3.05, 3.63) is 87.4 Å². The van der Waals surface area contributed by atoms with Crippen LogP contribution in [0, 0.1) is 12.7 Å². The molecule has 194 valence electrons. The molecule has 0 bridgehead atoms. The molecule has 0 spiro atoms. The number of rotatable bonds is 8. The number of ether oxygens (including phenoxy) is 2. The molecule has 2 aliphatic heterocycles. The van der Waals surface area contributed by atoms with Gasteiger partial charge in [-0.15, -0.1) is 11.3 Å². The molecule has 6 nitrogen and oxygen atoms in total. The van der Waals surface area contributed by atoms with Gasteiger partial charge in [-0.05, 0) is 67.5 Å². The third-order valence-corrected chi connectivity index (χ3v) is 8.01. The van der Waals surface area contributed by atoms with Crippen LogP contribution >= 0.6 is 11.3 Å². The van der Waals surface area contributed by atoms with Gasteiger partial charge in [0.25, 0.3) is 5.91 Å². The maximum atomic E-state index is 14.5. The Morgan fingerprint density at radius 2 is 1.97 bits per heavy atom. The Hall–Kier alpha value is -3.23. The predicted molar refractivity (Wildman–Crippen MR) is 140 cm³/mol. The number of amides is 2. The molecule has 8 heteroatoms. The van der Waals surface area contributed by atoms with E-state index in [2.05, 4.69) is 6.07 Å². The smallest absolute Gasteiger partial charge is 0.257 e. The first kappa shape index (κ1) is 25.4. The molecule has 0 saturated carbocycles. The predicted octanol–water partition coefficient (Wildman–Crippen LogP) is 5.02. The SMILES string of the molecule is Cc1ccc(OC[C@H]2c3ccsc3CCN2C(=O)CN(C[C@@H]2CCCO2)C(=O)c2ccccc2F)cc1. The molecule has 3 heterocycles. The van der Waals surface area contributed by atoms with E-state index in [0.717, 1.165) is 36.1 Å². The molecule has 0 unspecified atom stereocenters. The minimum absolute atomic E-state index is 0.0358. The number of nitrogens with zero attached hydrogens (tertiary/aromatic N) is 2. The number of carbonyl (C=O) groups is 2. The Morgan fingerprint density at radius 3 is 2.73 bits per heavy atom. The molecular formula is C29H31FN2O4S. The fourth-order valence-corrected chi connectivity index (χ4v) is 5.92. The van der Waals surface area contributed by atoms with Gasteiger partial charge in [0, 0.05) is 24.6 Å². The van der Waals surface area contributed by atoms with Crippen LogP contribution in [0.2, 0.25) is 0 Å². The minimum Gasteiger partial charge on any atom is -0.491 e. The van der Waals surface area contributed by atoms with Crippen molar-refractivity contribution in [1.29, 1.82) is 0 Å². The molecule has 1 saturated heterocycles. The first-order valence-electron chi connectivity index (χ1n) is 12.7. The fourth-order valence-electron chi connectivity index (χ4n) is 5.00. The summed E-state index contributed by atoms with van der Waals surface area (Å²) in [5.74, 6) is -0.530. The second-order valence-corrected chi connectivity index (χ2v) is 10.6. The number of hydrogen-bond acceptors (Lipinski definition) is 5. The van der Waals surface area contributed by atoms with Gasteiger partial charge in [-0.2, -0.15) is 0 Å². The van der Waals surface area contributed by atoms with Crippen LogP contribution in [0.1, 0.15) is 45.2 Å². The average Bonchev–Trinajstić information content (AvgIpc) is 3.60. The number of halogens is 1. The molecule has 2 amide bonds. The molecule has 0 N–H and O–H groups in total. The summed E-state index contributed by atoms with van der Waals surface area (Å²) >= 11 is 1.69. The highest BCUT2D eigenvalue weighted by atomic mass is 32.1. The quantitative estimate of drug-likeness (QED) is 0.417. The summed E-state index contributed by atoms with van der Waals surface area (Å²) in [6.07, 6.45) is 2.32. The number of thiophene rings is 1. The van der Waals surface area contributed by atoms with Gasteiger partial charge in [0.15, 0.2) is 0 Å². The van der Waals surface area contributed by atoms with Crippen LogP contribution in [0.15, 0.2) is 60.0 Å². The van der Waals surface area contributed by atoms with Crippen LogP contribution in [-0.4, -0.2) is 60.6 Å². The molecular weight excluding hydrogens is 491 g/mol. The summed E-state index contributed by atoms with van der Waals surface area (Å²) in [6, 6.07) is 15.5. The Balaban J connectivity index is 1.36. The van der Waals surface area contributed by atoms with Gasteiger partial charge >= 0.3 is 0 Å². The van der Waals surface area contributed by atoms with E-state index in [1.54, 1.807) is 28.4 Å². The minimum atomic E-state index is -0.595. The molecule has 37 heavy (non-hydrogen) atoms. The number of benzene rings is 2. The molecule has 5 rings (SSSR count). The van der Waals surface area contributed by atoms with Gasteiger partial charge in [0.2, 0.25) is 5.91 Å². The van der Waals surface area contributed by atoms with E-state index in [9.17, 15) is 14.0 Å². The van der Waals surface area contributed by atoms with Crippen molar-refractivity contribution in [3.8, 4) is 5.75 Å². The van der Waals surface area contributed by atoms with E-state index < -0.39 is 11.7 Å². The number of aryl methyl sites for hydroxylation is 1. The van der Waals surface area contributed by atoms with Crippen LogP contribution in [-0.2, 0) is 16.0 Å². The highest BCUT2D eigenvalue weighted by molar-refractivity contribution is 7.10. The van der Waals surface area contributed by atoms with Crippen molar-refractivity contribution in [2.24, 2.45) is 0 Å². The van der Waals surface area contributed by atoms with Crippen molar-refractivity contribution in [3.63, 3.8) is 0 Å². The largest absolute Gasteiger partial charge is 0.491 e. The van der Waals surface area contributed by atoms with Crippen LogP contribution in [0.5, 0.6) is 5.75 Å². The zero-order valence-electron chi connectivity index (χ0n) is 20.9. The van der Waals surface area contributed by atoms with Crippen molar-refractivity contribution >= 4 is 23.2 Å². The second kappa shape index (κ2) is 11.4. The lowest BCUT2D eigenvalue weighted by molar-refractivity contribution is -0.135. The maximum absolute atomic E-state index is 14.5. The first-order valence-corrected chi connectivity index (χ1v) is 13.6. The van der Waals surface area contributed by atoms with E-state index in [-0.39, 0.29) is 36.7 Å². The molecule has 1 aromatic heterocycles. The Labute approximate surface area is 220 Å². The first-order chi connectivity index (χ1) is 18.0. The third kappa shape index (κ3) is 5.86. The summed E-state index contributed by atoms with van der Waals surface area (Å²) in [4.78, 5) is 31.6. The lowest BCUT2D eigenvalue weighted by atomic mass is 10.00. The summed E-state index contributed by atoms with van der Waals surface area (Å²) in [5, 5.41) is 2.04. The highest BCUT2D eigenvalue weighted by Gasteiger charge is 2.35. The van der Waals surface area contributed by atoms with E-state index in [1.807, 2.05) is 36.6 Å². The molecule has 2 aliphatic rings. The van der Waals surface area contributed by atoms with Gasteiger partial charge in [0.1, 0.15) is 24.7 Å². The third-order valence-electron chi connectivity index (χ3n) is 7.01. The lowest BCUT2D eigenvalue weighted by Crippen LogP contribution is -2.49. The van der Waals surface area contributed by atoms with E-state index in [1.165, 1.54) is 21.9 Å². The summed E-state index contributed by atoms with van der Waals surface area (Å²) in [7, 11) is 0. The zero-order chi connectivity index (χ0) is 25.8. The fraction of sp³-hybridized carbons (Fsp3) is 0.379. The topological polar surface area (TPSA) is 59.1 Å². The maximum Gasteiger partial charge on any atom is 0.257 e. The Kier molecular flexibility index (Phi) is 7.86. The number of hydrogen-bond donors (Lipinski definition) is 0. The van der Waals surface area contributed by atoms with Crippen molar-refractivity contribution in [2.45, 2.75) is 38.3 Å². The van der Waals surface area contributed by atoms with E-state index >= 15 is 0 Å². The summed E-state index contributed by atoms with van der Waals surface area (Å²) in [5.41, 5.74) is 2.20. The second-order valence-electron chi connectivity index (χ2n) is 9.58.